The molecule has 0 radical (unpaired) electrons. The highest BCUT2D eigenvalue weighted by molar-refractivity contribution is 7.89. The number of hydrogen-bond acceptors (Lipinski definition) is 5. The van der Waals surface area contributed by atoms with Crippen LogP contribution in [0.2, 0.25) is 0 Å². The first kappa shape index (κ1) is 22.1. The molecule has 1 aliphatic rings. The zero-order valence-electron chi connectivity index (χ0n) is 18.0. The molecule has 1 fully saturated rings. The molecule has 0 atom stereocenters. The highest BCUT2D eigenvalue weighted by atomic mass is 32.2. The Hall–Kier alpha value is -3.10. The Morgan fingerprint density at radius 3 is 2.34 bits per heavy atom. The first-order valence-electron chi connectivity index (χ1n) is 10.6. The van der Waals surface area contributed by atoms with E-state index in [-0.39, 0.29) is 18.2 Å². The second kappa shape index (κ2) is 9.58. The molecule has 0 spiro atoms. The van der Waals surface area contributed by atoms with Gasteiger partial charge in [0.25, 0.3) is 5.91 Å². The van der Waals surface area contributed by atoms with Crippen molar-refractivity contribution in [2.24, 2.45) is 0 Å². The van der Waals surface area contributed by atoms with E-state index < -0.39 is 10.0 Å². The summed E-state index contributed by atoms with van der Waals surface area (Å²) in [5.74, 6) is 0.410. The Morgan fingerprint density at radius 2 is 1.62 bits per heavy atom. The number of anilines is 1. The molecule has 32 heavy (non-hydrogen) atoms. The normalized spacial score (nSPS) is 15.0. The molecule has 4 rings (SSSR count). The van der Waals surface area contributed by atoms with Crippen molar-refractivity contribution in [2.75, 3.05) is 50.5 Å². The summed E-state index contributed by atoms with van der Waals surface area (Å²) in [5.41, 5.74) is 1.60. The van der Waals surface area contributed by atoms with Crippen LogP contribution in [0.3, 0.4) is 0 Å². The Labute approximate surface area is 188 Å². The maximum atomic E-state index is 12.8. The second-order valence-electron chi connectivity index (χ2n) is 7.68. The third kappa shape index (κ3) is 4.87. The zero-order valence-corrected chi connectivity index (χ0v) is 18.8. The topological polar surface area (TPSA) is 79.0 Å². The van der Waals surface area contributed by atoms with Gasteiger partial charge in [0, 0.05) is 44.0 Å². The quantitative estimate of drug-likeness (QED) is 0.595. The van der Waals surface area contributed by atoms with Gasteiger partial charge in [-0.05, 0) is 41.1 Å². The van der Waals surface area contributed by atoms with Gasteiger partial charge in [-0.1, -0.05) is 36.4 Å². The maximum Gasteiger partial charge on any atom is 0.251 e. The summed E-state index contributed by atoms with van der Waals surface area (Å²) < 4.78 is 32.3. The van der Waals surface area contributed by atoms with Gasteiger partial charge >= 0.3 is 0 Å². The van der Waals surface area contributed by atoms with Crippen LogP contribution < -0.4 is 15.0 Å². The third-order valence-corrected chi connectivity index (χ3v) is 7.62. The van der Waals surface area contributed by atoms with Gasteiger partial charge < -0.3 is 15.0 Å². The number of ether oxygens (including phenoxy) is 1. The van der Waals surface area contributed by atoms with E-state index >= 15 is 0 Å². The molecular formula is C24H27N3O4S. The lowest BCUT2D eigenvalue weighted by Gasteiger charge is -2.35. The molecule has 1 heterocycles. The zero-order chi connectivity index (χ0) is 22.6. The van der Waals surface area contributed by atoms with E-state index in [0.29, 0.717) is 31.7 Å². The van der Waals surface area contributed by atoms with E-state index in [1.165, 1.54) is 4.31 Å². The lowest BCUT2D eigenvalue weighted by molar-refractivity contribution is 0.0957. The van der Waals surface area contributed by atoms with Crippen LogP contribution in [0.4, 0.5) is 5.69 Å². The van der Waals surface area contributed by atoms with Crippen LogP contribution >= 0.6 is 0 Å². The van der Waals surface area contributed by atoms with Gasteiger partial charge in [0.2, 0.25) is 10.0 Å². The minimum Gasteiger partial charge on any atom is -0.497 e. The van der Waals surface area contributed by atoms with Crippen LogP contribution in [-0.4, -0.2) is 64.2 Å². The van der Waals surface area contributed by atoms with Crippen molar-refractivity contribution in [3.63, 3.8) is 0 Å². The standard InChI is InChI=1S/C24H27N3O4S/c1-31-21-11-9-20(10-12-21)26-14-16-27(17-15-26)32(29,30)18-13-25-24(28)23-8-4-6-19-5-2-3-7-22(19)23/h2-12H,13-18H2,1H3,(H,25,28). The summed E-state index contributed by atoms with van der Waals surface area (Å²) in [6, 6.07) is 20.9. The fraction of sp³-hybridized carbons (Fsp3) is 0.292. The molecule has 1 aliphatic heterocycles. The van der Waals surface area contributed by atoms with Crippen LogP contribution in [0, 0.1) is 0 Å². The van der Waals surface area contributed by atoms with Crippen LogP contribution in [0.15, 0.2) is 66.7 Å². The fourth-order valence-electron chi connectivity index (χ4n) is 3.96. The summed E-state index contributed by atoms with van der Waals surface area (Å²) in [5, 5.41) is 4.59. The molecule has 168 valence electrons. The van der Waals surface area contributed by atoms with E-state index in [2.05, 4.69) is 10.2 Å². The molecular weight excluding hydrogens is 426 g/mol. The van der Waals surface area contributed by atoms with Gasteiger partial charge in [-0.3, -0.25) is 4.79 Å². The van der Waals surface area contributed by atoms with E-state index in [1.54, 1.807) is 13.2 Å². The SMILES string of the molecule is COc1ccc(N2CCN(S(=O)(=O)CCNC(=O)c3cccc4ccccc34)CC2)cc1. The molecule has 3 aromatic rings. The summed E-state index contributed by atoms with van der Waals surface area (Å²) in [6.07, 6.45) is 0. The number of fused-ring (bicyclic) bond motifs is 1. The average Bonchev–Trinajstić information content (AvgIpc) is 2.83. The second-order valence-corrected chi connectivity index (χ2v) is 9.77. The van der Waals surface area contributed by atoms with Crippen molar-refractivity contribution in [1.29, 1.82) is 0 Å². The number of rotatable bonds is 7. The number of piperazine rings is 1. The monoisotopic (exact) mass is 453 g/mol. The summed E-state index contributed by atoms with van der Waals surface area (Å²) in [7, 11) is -1.82. The van der Waals surface area contributed by atoms with Crippen LogP contribution in [0.25, 0.3) is 10.8 Å². The number of benzene rings is 3. The molecule has 0 saturated carbocycles. The van der Waals surface area contributed by atoms with Gasteiger partial charge in [-0.2, -0.15) is 4.31 Å². The van der Waals surface area contributed by atoms with Crippen molar-refractivity contribution in [3.8, 4) is 5.75 Å². The molecule has 1 amide bonds. The average molecular weight is 454 g/mol. The van der Waals surface area contributed by atoms with Crippen molar-refractivity contribution in [3.05, 3.63) is 72.3 Å². The molecule has 1 N–H and O–H groups in total. The summed E-state index contributed by atoms with van der Waals surface area (Å²) >= 11 is 0. The molecule has 0 bridgehead atoms. The van der Waals surface area contributed by atoms with Gasteiger partial charge in [-0.15, -0.1) is 0 Å². The molecule has 0 aliphatic carbocycles. The highest BCUT2D eigenvalue weighted by Crippen LogP contribution is 2.21. The van der Waals surface area contributed by atoms with Crippen molar-refractivity contribution in [1.82, 2.24) is 9.62 Å². The Kier molecular flexibility index (Phi) is 6.62. The Morgan fingerprint density at radius 1 is 0.938 bits per heavy atom. The largest absolute Gasteiger partial charge is 0.497 e. The van der Waals surface area contributed by atoms with Gasteiger partial charge in [0.15, 0.2) is 0 Å². The van der Waals surface area contributed by atoms with Gasteiger partial charge in [0.05, 0.1) is 12.9 Å². The van der Waals surface area contributed by atoms with Crippen molar-refractivity contribution in [2.45, 2.75) is 0 Å². The number of hydrogen-bond donors (Lipinski definition) is 1. The van der Waals surface area contributed by atoms with Crippen molar-refractivity contribution < 1.29 is 17.9 Å². The summed E-state index contributed by atoms with van der Waals surface area (Å²) in [6.45, 7) is 2.15. The summed E-state index contributed by atoms with van der Waals surface area (Å²) in [4.78, 5) is 14.8. The number of amides is 1. The van der Waals surface area contributed by atoms with Crippen LogP contribution in [0.1, 0.15) is 10.4 Å². The van der Waals surface area contributed by atoms with E-state index in [9.17, 15) is 13.2 Å². The molecule has 1 saturated heterocycles. The molecule has 0 aromatic heterocycles. The number of carbonyl (C=O) groups excluding carboxylic acids is 1. The van der Waals surface area contributed by atoms with Gasteiger partial charge in [-0.25, -0.2) is 8.42 Å². The number of sulfonamides is 1. The highest BCUT2D eigenvalue weighted by Gasteiger charge is 2.27. The maximum absolute atomic E-state index is 12.8. The number of nitrogens with one attached hydrogen (secondary N) is 1. The smallest absolute Gasteiger partial charge is 0.251 e. The lowest BCUT2D eigenvalue weighted by Crippen LogP contribution is -2.50. The first-order chi connectivity index (χ1) is 15.5. The van der Waals surface area contributed by atoms with E-state index in [1.807, 2.05) is 60.7 Å². The van der Waals surface area contributed by atoms with Crippen LogP contribution in [-0.2, 0) is 10.0 Å². The lowest BCUT2D eigenvalue weighted by atomic mass is 10.0. The first-order valence-corrected chi connectivity index (χ1v) is 12.2. The molecule has 3 aromatic carbocycles. The number of nitrogens with zero attached hydrogens (tertiary/aromatic N) is 2. The predicted octanol–water partition coefficient (Wildman–Crippen LogP) is 2.73. The fourth-order valence-corrected chi connectivity index (χ4v) is 5.30. The number of methoxy groups -OCH3 is 1. The minimum absolute atomic E-state index is 0.0725. The van der Waals surface area contributed by atoms with Gasteiger partial charge in [0.1, 0.15) is 5.75 Å². The Bertz CT molecular complexity index is 1180. The molecule has 0 unspecified atom stereocenters. The molecule has 8 heteroatoms. The third-order valence-electron chi connectivity index (χ3n) is 5.75. The van der Waals surface area contributed by atoms with Crippen molar-refractivity contribution >= 4 is 32.4 Å². The number of carbonyl (C=O) groups is 1. The Balaban J connectivity index is 1.30. The van der Waals surface area contributed by atoms with E-state index in [4.69, 9.17) is 4.74 Å². The predicted molar refractivity (Wildman–Crippen MR) is 127 cm³/mol. The minimum atomic E-state index is -3.45. The van der Waals surface area contributed by atoms with E-state index in [0.717, 1.165) is 22.2 Å². The van der Waals surface area contributed by atoms with Crippen LogP contribution in [0.5, 0.6) is 5.75 Å². The molecule has 7 nitrogen and oxygen atoms in total.